The van der Waals surface area contributed by atoms with E-state index in [9.17, 15) is 9.59 Å². The Bertz CT molecular complexity index is 1080. The fourth-order valence-electron chi connectivity index (χ4n) is 4.32. The van der Waals surface area contributed by atoms with E-state index in [4.69, 9.17) is 0 Å². The number of carbonyl (C=O) groups is 2. The summed E-state index contributed by atoms with van der Waals surface area (Å²) in [6.07, 6.45) is 5.07. The fourth-order valence-corrected chi connectivity index (χ4v) is 5.93. The van der Waals surface area contributed by atoms with Crippen LogP contribution in [0.5, 0.6) is 0 Å². The minimum atomic E-state index is -0.123. The van der Waals surface area contributed by atoms with Gasteiger partial charge in [-0.2, -0.15) is 5.10 Å². The number of carbonyl (C=O) groups excluding carboxylic acids is 2. The van der Waals surface area contributed by atoms with Gasteiger partial charge in [-0.05, 0) is 24.3 Å². The third-order valence-corrected chi connectivity index (χ3v) is 7.77. The predicted molar refractivity (Wildman–Crippen MR) is 117 cm³/mol. The van der Waals surface area contributed by atoms with E-state index in [-0.39, 0.29) is 17.9 Å². The molecule has 0 radical (unpaired) electrons. The number of amides is 2. The predicted octanol–water partition coefficient (Wildman–Crippen LogP) is 3.48. The van der Waals surface area contributed by atoms with Crippen LogP contribution in [0, 0.1) is 0 Å². The van der Waals surface area contributed by atoms with Gasteiger partial charge in [0, 0.05) is 42.7 Å². The van der Waals surface area contributed by atoms with Crippen molar-refractivity contribution in [3.05, 3.63) is 45.5 Å². The van der Waals surface area contributed by atoms with E-state index in [2.05, 4.69) is 15.4 Å². The molecule has 3 aromatic rings. The van der Waals surface area contributed by atoms with E-state index in [1.165, 1.54) is 11.3 Å². The number of nitrogens with one attached hydrogen (secondary N) is 1. The fraction of sp³-hybridized carbons (Fsp3) is 0.429. The molecule has 1 aliphatic heterocycles. The first-order valence-corrected chi connectivity index (χ1v) is 12.0. The zero-order valence-corrected chi connectivity index (χ0v) is 18.4. The van der Waals surface area contributed by atoms with Gasteiger partial charge in [-0.1, -0.05) is 18.9 Å². The van der Waals surface area contributed by atoms with Gasteiger partial charge >= 0.3 is 0 Å². The van der Waals surface area contributed by atoms with Gasteiger partial charge in [-0.25, -0.2) is 4.98 Å². The van der Waals surface area contributed by atoms with Gasteiger partial charge < -0.3 is 10.2 Å². The lowest BCUT2D eigenvalue weighted by atomic mass is 10.0. The molecule has 2 amide bonds. The monoisotopic (exact) mass is 441 g/mol. The number of thiophene rings is 1. The van der Waals surface area contributed by atoms with E-state index in [0.29, 0.717) is 30.9 Å². The molecule has 1 aliphatic carbocycles. The molecule has 1 saturated carbocycles. The van der Waals surface area contributed by atoms with Crippen molar-refractivity contribution < 1.29 is 9.59 Å². The van der Waals surface area contributed by atoms with Gasteiger partial charge in [0.2, 0.25) is 0 Å². The number of aromatic nitrogens is 3. The minimum Gasteiger partial charge on any atom is -0.348 e. The minimum absolute atomic E-state index is 0.0919. The molecule has 3 aromatic heterocycles. The number of hydrogen-bond acceptors (Lipinski definition) is 6. The second-order valence-corrected chi connectivity index (χ2v) is 9.65. The van der Waals surface area contributed by atoms with E-state index in [0.717, 1.165) is 46.8 Å². The van der Waals surface area contributed by atoms with Crippen LogP contribution in [0.2, 0.25) is 0 Å². The maximum Gasteiger partial charge on any atom is 0.273 e. The van der Waals surface area contributed by atoms with Crippen molar-refractivity contribution in [2.75, 3.05) is 6.54 Å². The maximum absolute atomic E-state index is 13.1. The maximum atomic E-state index is 13.1. The summed E-state index contributed by atoms with van der Waals surface area (Å²) in [7, 11) is 1.87. The smallest absolute Gasteiger partial charge is 0.273 e. The SMILES string of the molecule is Cn1nc(C(=O)NC2CCCC2)c2c1CCN(C(=O)c1csc(-c3cccs3)n1)C2. The van der Waals surface area contributed by atoms with E-state index in [1.807, 2.05) is 29.9 Å². The first-order chi connectivity index (χ1) is 14.6. The van der Waals surface area contributed by atoms with Gasteiger partial charge in [0.15, 0.2) is 5.69 Å². The van der Waals surface area contributed by atoms with Crippen LogP contribution < -0.4 is 5.32 Å². The molecular formula is C21H23N5O2S2. The van der Waals surface area contributed by atoms with E-state index in [1.54, 1.807) is 20.9 Å². The summed E-state index contributed by atoms with van der Waals surface area (Å²) in [5, 5.41) is 12.3. The zero-order chi connectivity index (χ0) is 20.7. The molecule has 2 aliphatic rings. The Balaban J connectivity index is 1.35. The number of thiazole rings is 1. The number of fused-ring (bicyclic) bond motifs is 1. The molecule has 9 heteroatoms. The molecule has 0 atom stereocenters. The lowest BCUT2D eigenvalue weighted by molar-refractivity contribution is 0.0725. The summed E-state index contributed by atoms with van der Waals surface area (Å²) >= 11 is 3.10. The number of hydrogen-bond donors (Lipinski definition) is 1. The number of nitrogens with zero attached hydrogens (tertiary/aromatic N) is 4. The van der Waals surface area contributed by atoms with Crippen molar-refractivity contribution in [2.45, 2.75) is 44.7 Å². The molecule has 0 bridgehead atoms. The molecule has 0 aromatic carbocycles. The summed E-state index contributed by atoms with van der Waals surface area (Å²) < 4.78 is 1.79. The molecule has 1 N–H and O–H groups in total. The highest BCUT2D eigenvalue weighted by Gasteiger charge is 2.31. The average molecular weight is 442 g/mol. The van der Waals surface area contributed by atoms with Gasteiger partial charge in [0.25, 0.3) is 11.8 Å². The van der Waals surface area contributed by atoms with Crippen molar-refractivity contribution >= 4 is 34.5 Å². The van der Waals surface area contributed by atoms with Gasteiger partial charge in [-0.15, -0.1) is 22.7 Å². The highest BCUT2D eigenvalue weighted by molar-refractivity contribution is 7.20. The average Bonchev–Trinajstić information content (AvgIpc) is 3.53. The van der Waals surface area contributed by atoms with Gasteiger partial charge in [0.1, 0.15) is 10.7 Å². The Morgan fingerprint density at radius 2 is 2.07 bits per heavy atom. The Kier molecular flexibility index (Phi) is 5.16. The second-order valence-electron chi connectivity index (χ2n) is 7.84. The van der Waals surface area contributed by atoms with Gasteiger partial charge in [0.05, 0.1) is 11.4 Å². The lowest BCUT2D eigenvalue weighted by Crippen LogP contribution is -2.38. The Hall–Kier alpha value is -2.52. The van der Waals surface area contributed by atoms with Gasteiger partial charge in [-0.3, -0.25) is 14.3 Å². The molecule has 0 saturated heterocycles. The standard InChI is InChI=1S/C21H23N5O2S2/c1-25-16-8-9-26(21(28)15-12-30-20(23-15)17-7-4-10-29-17)11-14(16)18(24-25)19(27)22-13-5-2-3-6-13/h4,7,10,12-13H,2-3,5-6,8-9,11H2,1H3,(H,22,27). The Labute approximate surface area is 182 Å². The van der Waals surface area contributed by atoms with Crippen LogP contribution >= 0.6 is 22.7 Å². The quantitative estimate of drug-likeness (QED) is 0.672. The summed E-state index contributed by atoms with van der Waals surface area (Å²) in [6.45, 7) is 0.988. The third kappa shape index (κ3) is 3.56. The first-order valence-electron chi connectivity index (χ1n) is 10.2. The molecule has 4 heterocycles. The normalized spacial score (nSPS) is 16.6. The molecule has 30 heavy (non-hydrogen) atoms. The van der Waals surface area contributed by atoms with Crippen molar-refractivity contribution in [3.8, 4) is 9.88 Å². The molecule has 1 fully saturated rings. The number of aryl methyl sites for hydroxylation is 1. The van der Waals surface area contributed by atoms with Crippen molar-refractivity contribution in [2.24, 2.45) is 7.05 Å². The topological polar surface area (TPSA) is 80.1 Å². The molecule has 156 valence electrons. The molecular weight excluding hydrogens is 418 g/mol. The molecule has 0 spiro atoms. The zero-order valence-electron chi connectivity index (χ0n) is 16.8. The van der Waals surface area contributed by atoms with Crippen LogP contribution in [-0.4, -0.2) is 44.1 Å². The Morgan fingerprint density at radius 1 is 1.23 bits per heavy atom. The molecule has 5 rings (SSSR count). The molecule has 7 nitrogen and oxygen atoms in total. The van der Waals surface area contributed by atoms with E-state index >= 15 is 0 Å². The highest BCUT2D eigenvalue weighted by atomic mass is 32.1. The van der Waals surface area contributed by atoms with Crippen LogP contribution in [0.4, 0.5) is 0 Å². The lowest BCUT2D eigenvalue weighted by Gasteiger charge is -2.27. The number of rotatable bonds is 4. The largest absolute Gasteiger partial charge is 0.348 e. The summed E-state index contributed by atoms with van der Waals surface area (Å²) in [4.78, 5) is 33.4. The van der Waals surface area contributed by atoms with Crippen LogP contribution in [0.15, 0.2) is 22.9 Å². The van der Waals surface area contributed by atoms with Crippen molar-refractivity contribution in [1.29, 1.82) is 0 Å². The summed E-state index contributed by atoms with van der Waals surface area (Å²) in [6, 6.07) is 4.23. The molecule has 0 unspecified atom stereocenters. The highest BCUT2D eigenvalue weighted by Crippen LogP contribution is 2.29. The summed E-state index contributed by atoms with van der Waals surface area (Å²) in [5.41, 5.74) is 2.82. The van der Waals surface area contributed by atoms with Crippen molar-refractivity contribution in [3.63, 3.8) is 0 Å². The van der Waals surface area contributed by atoms with Crippen LogP contribution in [0.25, 0.3) is 9.88 Å². The van der Waals surface area contributed by atoms with Crippen molar-refractivity contribution in [1.82, 2.24) is 25.0 Å². The van der Waals surface area contributed by atoms with Crippen LogP contribution in [-0.2, 0) is 20.0 Å². The summed E-state index contributed by atoms with van der Waals surface area (Å²) in [5.74, 6) is -0.215. The Morgan fingerprint density at radius 3 is 2.83 bits per heavy atom. The third-order valence-electron chi connectivity index (χ3n) is 5.89. The second kappa shape index (κ2) is 7.96. The van der Waals surface area contributed by atoms with E-state index < -0.39 is 0 Å². The van der Waals surface area contributed by atoms with Crippen LogP contribution in [0.3, 0.4) is 0 Å². The first kappa shape index (κ1) is 19.4. The van der Waals surface area contributed by atoms with Crippen LogP contribution in [0.1, 0.15) is 57.9 Å².